The topological polar surface area (TPSA) is 110 Å². The summed E-state index contributed by atoms with van der Waals surface area (Å²) >= 11 is 2.78. The summed E-state index contributed by atoms with van der Waals surface area (Å²) in [5.74, 6) is -0.0861. The molecule has 2 N–H and O–H groups in total. The van der Waals surface area contributed by atoms with Crippen LogP contribution in [0.5, 0.6) is 0 Å². The zero-order valence-electron chi connectivity index (χ0n) is 16.8. The summed E-state index contributed by atoms with van der Waals surface area (Å²) in [6, 6.07) is 6.22. The van der Waals surface area contributed by atoms with Crippen molar-refractivity contribution < 1.29 is 14.0 Å². The van der Waals surface area contributed by atoms with Crippen LogP contribution in [0.1, 0.15) is 47.7 Å². The number of anilines is 2. The van der Waals surface area contributed by atoms with Crippen molar-refractivity contribution >= 4 is 44.8 Å². The van der Waals surface area contributed by atoms with Gasteiger partial charge in [0.05, 0.1) is 6.42 Å². The van der Waals surface area contributed by atoms with E-state index in [1.165, 1.54) is 35.7 Å². The lowest BCUT2D eigenvalue weighted by Crippen LogP contribution is -2.15. The third-order valence-corrected chi connectivity index (χ3v) is 6.96. The van der Waals surface area contributed by atoms with Crippen molar-refractivity contribution in [3.63, 3.8) is 0 Å². The minimum atomic E-state index is -0.397. The molecule has 2 heterocycles. The van der Waals surface area contributed by atoms with Gasteiger partial charge in [-0.25, -0.2) is 4.39 Å². The Morgan fingerprint density at radius 3 is 2.65 bits per heavy atom. The molecule has 11 heteroatoms. The number of amides is 2. The van der Waals surface area contributed by atoms with Crippen LogP contribution in [0, 0.1) is 11.7 Å². The number of benzene rings is 1. The molecule has 31 heavy (non-hydrogen) atoms. The second-order valence-electron chi connectivity index (χ2n) is 7.52. The highest BCUT2D eigenvalue weighted by molar-refractivity contribution is 7.15. The van der Waals surface area contributed by atoms with Crippen LogP contribution in [0.2, 0.25) is 0 Å². The maximum Gasteiger partial charge on any atom is 0.230 e. The zero-order chi connectivity index (χ0) is 21.8. The number of carbonyl (C=O) groups is 2. The van der Waals surface area contributed by atoms with Crippen LogP contribution >= 0.6 is 22.7 Å². The van der Waals surface area contributed by atoms with Crippen molar-refractivity contribution in [2.45, 2.75) is 44.9 Å². The summed E-state index contributed by atoms with van der Waals surface area (Å²) in [5.41, 5.74) is 0.347. The van der Waals surface area contributed by atoms with Gasteiger partial charge in [0.25, 0.3) is 0 Å². The van der Waals surface area contributed by atoms with Crippen molar-refractivity contribution in [1.29, 1.82) is 0 Å². The SMILES string of the molecule is CC(=O)Nc1nnc(C2CC[C@H](Cc3nnc(NC(=O)Cc4ccccc4F)s3)C2)s1. The molecule has 0 bridgehead atoms. The Balaban J connectivity index is 1.28. The summed E-state index contributed by atoms with van der Waals surface area (Å²) in [4.78, 5) is 23.3. The monoisotopic (exact) mass is 460 g/mol. The summed E-state index contributed by atoms with van der Waals surface area (Å²) in [6.07, 6.45) is 3.78. The third-order valence-electron chi connectivity index (χ3n) is 5.10. The molecule has 1 unspecified atom stereocenters. The summed E-state index contributed by atoms with van der Waals surface area (Å²) in [6.45, 7) is 1.45. The van der Waals surface area contributed by atoms with E-state index in [-0.39, 0.29) is 18.2 Å². The van der Waals surface area contributed by atoms with E-state index in [4.69, 9.17) is 0 Å². The van der Waals surface area contributed by atoms with Crippen molar-refractivity contribution in [2.75, 3.05) is 10.6 Å². The van der Waals surface area contributed by atoms with Crippen molar-refractivity contribution in [2.24, 2.45) is 5.92 Å². The lowest BCUT2D eigenvalue weighted by Gasteiger charge is -2.06. The van der Waals surface area contributed by atoms with Gasteiger partial charge in [0.2, 0.25) is 22.1 Å². The van der Waals surface area contributed by atoms with E-state index in [1.807, 2.05) is 0 Å². The summed E-state index contributed by atoms with van der Waals surface area (Å²) in [5, 5.41) is 24.7. The van der Waals surface area contributed by atoms with Crippen molar-refractivity contribution in [3.05, 3.63) is 45.7 Å². The average molecular weight is 461 g/mol. The molecule has 2 atom stereocenters. The Morgan fingerprint density at radius 2 is 1.84 bits per heavy atom. The number of nitrogens with zero attached hydrogens (tertiary/aromatic N) is 4. The number of carbonyl (C=O) groups excluding carboxylic acids is 2. The molecule has 0 aliphatic heterocycles. The molecule has 3 aromatic rings. The maximum absolute atomic E-state index is 13.7. The zero-order valence-corrected chi connectivity index (χ0v) is 18.4. The quantitative estimate of drug-likeness (QED) is 0.555. The van der Waals surface area contributed by atoms with Gasteiger partial charge in [0.1, 0.15) is 15.8 Å². The predicted molar refractivity (Wildman–Crippen MR) is 117 cm³/mol. The first-order valence-electron chi connectivity index (χ1n) is 9.93. The fraction of sp³-hybridized carbons (Fsp3) is 0.400. The van der Waals surface area contributed by atoms with E-state index >= 15 is 0 Å². The molecule has 162 valence electrons. The van der Waals surface area contributed by atoms with Crippen molar-refractivity contribution in [3.8, 4) is 0 Å². The number of hydrogen-bond donors (Lipinski definition) is 2. The Kier molecular flexibility index (Phi) is 6.62. The summed E-state index contributed by atoms with van der Waals surface area (Å²) in [7, 11) is 0. The fourth-order valence-corrected chi connectivity index (χ4v) is 5.50. The van der Waals surface area contributed by atoms with Gasteiger partial charge in [-0.1, -0.05) is 40.9 Å². The van der Waals surface area contributed by atoms with E-state index < -0.39 is 5.82 Å². The standard InChI is InChI=1S/C20H21FN6O2S2/c1-11(28)22-19-27-25-18(31-19)14-7-6-12(8-14)9-17-24-26-20(30-17)23-16(29)10-13-4-2-3-5-15(13)21/h2-5,12,14H,6-10H2,1H3,(H,22,27,28)(H,23,26,29)/t12-,14?/m0/s1. The van der Waals surface area contributed by atoms with Gasteiger partial charge in [0.15, 0.2) is 0 Å². The minimum absolute atomic E-state index is 0.0474. The maximum atomic E-state index is 13.7. The number of nitrogens with one attached hydrogen (secondary N) is 2. The van der Waals surface area contributed by atoms with Crippen LogP contribution in [0.25, 0.3) is 0 Å². The Bertz CT molecular complexity index is 1090. The van der Waals surface area contributed by atoms with Crippen LogP contribution in [-0.2, 0) is 22.4 Å². The third kappa shape index (κ3) is 5.67. The molecule has 0 saturated heterocycles. The van der Waals surface area contributed by atoms with Crippen LogP contribution in [0.15, 0.2) is 24.3 Å². The van der Waals surface area contributed by atoms with Gasteiger partial charge in [-0.15, -0.1) is 20.4 Å². The lowest BCUT2D eigenvalue weighted by atomic mass is 10.0. The van der Waals surface area contributed by atoms with E-state index in [0.29, 0.717) is 27.7 Å². The first-order chi connectivity index (χ1) is 15.0. The van der Waals surface area contributed by atoms with Crippen LogP contribution < -0.4 is 10.6 Å². The molecule has 1 aliphatic carbocycles. The molecule has 1 aliphatic rings. The highest BCUT2D eigenvalue weighted by atomic mass is 32.1. The Labute approximate surface area is 186 Å². The molecule has 1 aromatic carbocycles. The number of rotatable bonds is 7. The van der Waals surface area contributed by atoms with Gasteiger partial charge in [-0.3, -0.25) is 9.59 Å². The summed E-state index contributed by atoms with van der Waals surface area (Å²) < 4.78 is 13.7. The molecule has 0 spiro atoms. The van der Waals surface area contributed by atoms with Gasteiger partial charge >= 0.3 is 0 Å². The average Bonchev–Trinajstić information content (AvgIpc) is 3.45. The lowest BCUT2D eigenvalue weighted by molar-refractivity contribution is -0.116. The molecule has 4 rings (SSSR count). The Morgan fingerprint density at radius 1 is 1.06 bits per heavy atom. The van der Waals surface area contributed by atoms with Crippen LogP contribution in [-0.4, -0.2) is 32.2 Å². The Hall–Kier alpha value is -2.79. The van der Waals surface area contributed by atoms with Crippen LogP contribution in [0.4, 0.5) is 14.7 Å². The second kappa shape index (κ2) is 9.56. The van der Waals surface area contributed by atoms with Gasteiger partial charge < -0.3 is 10.6 Å². The first-order valence-corrected chi connectivity index (χ1v) is 11.6. The molecule has 2 amide bonds. The number of hydrogen-bond acceptors (Lipinski definition) is 8. The van der Waals surface area contributed by atoms with Crippen LogP contribution in [0.3, 0.4) is 0 Å². The highest BCUT2D eigenvalue weighted by Crippen LogP contribution is 2.41. The highest BCUT2D eigenvalue weighted by Gasteiger charge is 2.29. The number of aromatic nitrogens is 4. The largest absolute Gasteiger partial charge is 0.301 e. The van der Waals surface area contributed by atoms with E-state index in [1.54, 1.807) is 18.2 Å². The van der Waals surface area contributed by atoms with Gasteiger partial charge in [0, 0.05) is 19.3 Å². The van der Waals surface area contributed by atoms with Crippen molar-refractivity contribution in [1.82, 2.24) is 20.4 Å². The molecular formula is C20H21FN6O2S2. The minimum Gasteiger partial charge on any atom is -0.301 e. The van der Waals surface area contributed by atoms with Gasteiger partial charge in [-0.05, 0) is 36.8 Å². The molecule has 1 saturated carbocycles. The molecule has 2 aromatic heterocycles. The normalized spacial score (nSPS) is 18.1. The van der Waals surface area contributed by atoms with Gasteiger partial charge in [-0.2, -0.15) is 0 Å². The molecule has 1 fully saturated rings. The second-order valence-corrected chi connectivity index (χ2v) is 9.60. The predicted octanol–water partition coefficient (Wildman–Crippen LogP) is 3.79. The van der Waals surface area contributed by atoms with E-state index in [2.05, 4.69) is 31.0 Å². The first kappa shape index (κ1) is 21.4. The molecular weight excluding hydrogens is 439 g/mol. The number of halogens is 1. The molecule has 0 radical (unpaired) electrons. The molecule has 8 nitrogen and oxygen atoms in total. The van der Waals surface area contributed by atoms with E-state index in [0.717, 1.165) is 35.7 Å². The van der Waals surface area contributed by atoms with E-state index in [9.17, 15) is 14.0 Å². The fourth-order valence-electron chi connectivity index (χ4n) is 3.70. The smallest absolute Gasteiger partial charge is 0.230 e.